The molecule has 0 atom stereocenters. The molecule has 2 N–H and O–H groups in total. The predicted octanol–water partition coefficient (Wildman–Crippen LogP) is 0.711. The Morgan fingerprint density at radius 2 is 2.05 bits per heavy atom. The van der Waals surface area contributed by atoms with Crippen molar-refractivity contribution in [1.82, 2.24) is 5.32 Å². The van der Waals surface area contributed by atoms with Crippen LogP contribution in [0.4, 0.5) is 10.1 Å². The van der Waals surface area contributed by atoms with Gasteiger partial charge in [-0.05, 0) is 12.1 Å². The molecule has 0 saturated carbocycles. The molecule has 1 aromatic rings. The molecule has 0 fully saturated rings. The van der Waals surface area contributed by atoms with Crippen LogP contribution in [0, 0.1) is 5.82 Å². The Kier molecular flexibility index (Phi) is 4.40. The third-order valence-electron chi connectivity index (χ3n) is 3.01. The first kappa shape index (κ1) is 15.5. The lowest BCUT2D eigenvalue weighted by Crippen LogP contribution is -2.16. The number of carbonyl (C=O) groups is 3. The van der Waals surface area contributed by atoms with Crippen LogP contribution in [0.5, 0.6) is 0 Å². The van der Waals surface area contributed by atoms with E-state index in [2.05, 4.69) is 20.1 Å². The van der Waals surface area contributed by atoms with Crippen LogP contribution < -0.4 is 10.6 Å². The monoisotopic (exact) mass is 308 g/mol. The molecule has 1 aliphatic rings. The Hall–Kier alpha value is -2.90. The van der Waals surface area contributed by atoms with Crippen LogP contribution in [0.15, 0.2) is 23.9 Å². The lowest BCUT2D eigenvalue weighted by atomic mass is 10.1. The highest BCUT2D eigenvalue weighted by atomic mass is 19.1. The molecule has 8 heteroatoms. The standard InChI is InChI=1S/C14H13FN2O5/c1-21-12(18)5-11(14(20)22-2)17-7-3-8-9(10(15)4-7)6-16-13(8)19/h3-5,17H,6H2,1-2H3,(H,16,19)/b11-5+. The fraction of sp³-hybridized carbons (Fsp3) is 0.214. The van der Waals surface area contributed by atoms with Crippen molar-refractivity contribution in [3.05, 3.63) is 40.8 Å². The second kappa shape index (κ2) is 6.25. The third kappa shape index (κ3) is 3.05. The van der Waals surface area contributed by atoms with Gasteiger partial charge in [0.25, 0.3) is 5.91 Å². The maximum Gasteiger partial charge on any atom is 0.354 e. The average molecular weight is 308 g/mol. The van der Waals surface area contributed by atoms with E-state index in [1.165, 1.54) is 6.07 Å². The SMILES string of the molecule is COC(=O)/C=C(/Nc1cc(F)c2c(c1)C(=O)NC2)C(=O)OC. The van der Waals surface area contributed by atoms with E-state index in [0.717, 1.165) is 26.4 Å². The summed E-state index contributed by atoms with van der Waals surface area (Å²) in [6.45, 7) is 0.113. The van der Waals surface area contributed by atoms with Crippen LogP contribution >= 0.6 is 0 Å². The molecule has 1 aliphatic heterocycles. The molecule has 0 saturated heterocycles. The van der Waals surface area contributed by atoms with Crippen molar-refractivity contribution in [3.8, 4) is 0 Å². The van der Waals surface area contributed by atoms with E-state index in [9.17, 15) is 18.8 Å². The molecular formula is C14H13FN2O5. The number of nitrogens with one attached hydrogen (secondary N) is 2. The molecule has 0 bridgehead atoms. The average Bonchev–Trinajstić information content (AvgIpc) is 2.87. The van der Waals surface area contributed by atoms with Gasteiger partial charge in [0.2, 0.25) is 0 Å². The normalized spacial score (nSPS) is 13.2. The van der Waals surface area contributed by atoms with Gasteiger partial charge < -0.3 is 20.1 Å². The van der Waals surface area contributed by atoms with Crippen molar-refractivity contribution in [2.75, 3.05) is 19.5 Å². The summed E-state index contributed by atoms with van der Waals surface area (Å²) in [5.41, 5.74) is 0.317. The maximum absolute atomic E-state index is 13.9. The van der Waals surface area contributed by atoms with Crippen molar-refractivity contribution >= 4 is 23.5 Å². The van der Waals surface area contributed by atoms with Gasteiger partial charge in [-0.3, -0.25) is 4.79 Å². The molecule has 0 aliphatic carbocycles. The molecule has 1 heterocycles. The predicted molar refractivity (Wildman–Crippen MR) is 73.3 cm³/mol. The molecule has 7 nitrogen and oxygen atoms in total. The fourth-order valence-electron chi connectivity index (χ4n) is 1.94. The molecular weight excluding hydrogens is 295 g/mol. The number of ether oxygens (including phenoxy) is 2. The number of carbonyl (C=O) groups excluding carboxylic acids is 3. The van der Waals surface area contributed by atoms with E-state index in [-0.39, 0.29) is 29.1 Å². The quantitative estimate of drug-likeness (QED) is 0.628. The molecule has 116 valence electrons. The number of esters is 2. The van der Waals surface area contributed by atoms with Gasteiger partial charge in [-0.1, -0.05) is 0 Å². The molecule has 0 unspecified atom stereocenters. The number of hydrogen-bond donors (Lipinski definition) is 2. The van der Waals surface area contributed by atoms with Crippen LogP contribution in [-0.2, 0) is 25.6 Å². The van der Waals surface area contributed by atoms with E-state index < -0.39 is 23.7 Å². The number of rotatable bonds is 4. The van der Waals surface area contributed by atoms with E-state index in [1.54, 1.807) is 0 Å². The first-order chi connectivity index (χ1) is 10.5. The van der Waals surface area contributed by atoms with Crippen molar-refractivity contribution in [2.24, 2.45) is 0 Å². The molecule has 0 spiro atoms. The second-order valence-corrected chi connectivity index (χ2v) is 4.36. The van der Waals surface area contributed by atoms with E-state index in [0.29, 0.717) is 0 Å². The van der Waals surface area contributed by atoms with Crippen LogP contribution in [0.1, 0.15) is 15.9 Å². The van der Waals surface area contributed by atoms with Crippen molar-refractivity contribution in [2.45, 2.75) is 6.54 Å². The number of anilines is 1. The Morgan fingerprint density at radius 3 is 2.68 bits per heavy atom. The zero-order valence-electron chi connectivity index (χ0n) is 11.9. The molecule has 0 radical (unpaired) electrons. The smallest absolute Gasteiger partial charge is 0.354 e. The Bertz CT molecular complexity index is 684. The molecule has 0 aromatic heterocycles. The second-order valence-electron chi connectivity index (χ2n) is 4.36. The number of hydrogen-bond acceptors (Lipinski definition) is 6. The molecule has 22 heavy (non-hydrogen) atoms. The number of methoxy groups -OCH3 is 2. The maximum atomic E-state index is 13.9. The van der Waals surface area contributed by atoms with Crippen molar-refractivity contribution < 1.29 is 28.2 Å². The summed E-state index contributed by atoms with van der Waals surface area (Å²) in [6, 6.07) is 2.50. The largest absolute Gasteiger partial charge is 0.466 e. The van der Waals surface area contributed by atoms with Gasteiger partial charge in [0.15, 0.2) is 0 Å². The Morgan fingerprint density at radius 1 is 1.32 bits per heavy atom. The van der Waals surface area contributed by atoms with Gasteiger partial charge >= 0.3 is 11.9 Å². The highest BCUT2D eigenvalue weighted by Crippen LogP contribution is 2.24. The van der Waals surface area contributed by atoms with Crippen molar-refractivity contribution in [3.63, 3.8) is 0 Å². The molecule has 1 amide bonds. The number of amides is 1. The van der Waals surface area contributed by atoms with Crippen LogP contribution in [0.25, 0.3) is 0 Å². The Labute approximate surface area is 125 Å². The van der Waals surface area contributed by atoms with Gasteiger partial charge in [-0.15, -0.1) is 0 Å². The zero-order valence-corrected chi connectivity index (χ0v) is 11.9. The van der Waals surface area contributed by atoms with Gasteiger partial charge in [-0.25, -0.2) is 14.0 Å². The topological polar surface area (TPSA) is 93.7 Å². The van der Waals surface area contributed by atoms with Crippen LogP contribution in [0.2, 0.25) is 0 Å². The summed E-state index contributed by atoms with van der Waals surface area (Å²) in [4.78, 5) is 34.5. The first-order valence-corrected chi connectivity index (χ1v) is 6.22. The van der Waals surface area contributed by atoms with Gasteiger partial charge in [0.1, 0.15) is 11.5 Å². The summed E-state index contributed by atoms with van der Waals surface area (Å²) >= 11 is 0. The van der Waals surface area contributed by atoms with Gasteiger partial charge in [0, 0.05) is 23.4 Å². The van der Waals surface area contributed by atoms with E-state index in [4.69, 9.17) is 0 Å². The number of benzene rings is 1. The van der Waals surface area contributed by atoms with E-state index in [1.807, 2.05) is 0 Å². The fourth-order valence-corrected chi connectivity index (χ4v) is 1.94. The third-order valence-corrected chi connectivity index (χ3v) is 3.01. The summed E-state index contributed by atoms with van der Waals surface area (Å²) in [5, 5.41) is 5.05. The van der Waals surface area contributed by atoms with E-state index >= 15 is 0 Å². The summed E-state index contributed by atoms with van der Waals surface area (Å²) in [6.07, 6.45) is 0.872. The number of halogens is 1. The highest BCUT2D eigenvalue weighted by molar-refractivity contribution is 6.01. The molecule has 1 aromatic carbocycles. The van der Waals surface area contributed by atoms with Gasteiger partial charge in [-0.2, -0.15) is 0 Å². The Balaban J connectivity index is 2.35. The van der Waals surface area contributed by atoms with Gasteiger partial charge in [0.05, 0.1) is 20.3 Å². The lowest BCUT2D eigenvalue weighted by Gasteiger charge is -2.10. The minimum Gasteiger partial charge on any atom is -0.466 e. The molecule has 2 rings (SSSR count). The summed E-state index contributed by atoms with van der Waals surface area (Å²) < 4.78 is 22.9. The first-order valence-electron chi connectivity index (χ1n) is 6.22. The zero-order chi connectivity index (χ0) is 16.3. The van der Waals surface area contributed by atoms with Crippen molar-refractivity contribution in [1.29, 1.82) is 0 Å². The summed E-state index contributed by atoms with van der Waals surface area (Å²) in [7, 11) is 2.28. The highest BCUT2D eigenvalue weighted by Gasteiger charge is 2.24. The minimum absolute atomic E-state index is 0.113. The van der Waals surface area contributed by atoms with Crippen LogP contribution in [0.3, 0.4) is 0 Å². The lowest BCUT2D eigenvalue weighted by molar-refractivity contribution is -0.138. The van der Waals surface area contributed by atoms with Crippen LogP contribution in [-0.4, -0.2) is 32.1 Å². The summed E-state index contributed by atoms with van der Waals surface area (Å²) in [5.74, 6) is -2.63. The number of fused-ring (bicyclic) bond motifs is 1. The minimum atomic E-state index is -0.837.